The zero-order valence-electron chi connectivity index (χ0n) is 27.6. The molecule has 2 aromatic heterocycles. The molecular formula is C41H34F3N3O4. The van der Waals surface area contributed by atoms with Gasteiger partial charge in [0.25, 0.3) is 5.91 Å². The molecule has 4 N–H and O–H groups in total. The number of carbonyl (C=O) groups is 2. The highest BCUT2D eigenvalue weighted by atomic mass is 19.1. The maximum absolute atomic E-state index is 14.3. The minimum Gasteiger partial charge on any atom is -0.508 e. The van der Waals surface area contributed by atoms with Gasteiger partial charge in [-0.1, -0.05) is 36.4 Å². The number of H-pyrrole nitrogens is 2. The van der Waals surface area contributed by atoms with Gasteiger partial charge in [0.2, 0.25) is 0 Å². The molecule has 0 spiro atoms. The fourth-order valence-corrected chi connectivity index (χ4v) is 5.76. The van der Waals surface area contributed by atoms with Crippen LogP contribution in [0.5, 0.6) is 11.5 Å². The zero-order valence-corrected chi connectivity index (χ0v) is 27.6. The van der Waals surface area contributed by atoms with E-state index in [2.05, 4.69) is 15.3 Å². The topological polar surface area (TPSA) is 107 Å². The Morgan fingerprint density at radius 2 is 1.47 bits per heavy atom. The van der Waals surface area contributed by atoms with Gasteiger partial charge in [0.1, 0.15) is 34.6 Å². The number of hydrogen-bond donors (Lipinski definition) is 4. The number of Topliss-reactive ketones (excluding diaryl/α,β-unsaturated/α-hetero) is 1. The van der Waals surface area contributed by atoms with Gasteiger partial charge in [-0.2, -0.15) is 0 Å². The number of aromatic hydroxyl groups is 1. The Balaban J connectivity index is 0.000000187. The van der Waals surface area contributed by atoms with Crippen LogP contribution in [0.3, 0.4) is 0 Å². The first-order valence-corrected chi connectivity index (χ1v) is 16.3. The van der Waals surface area contributed by atoms with Crippen molar-refractivity contribution < 1.29 is 32.6 Å². The third kappa shape index (κ3) is 8.66. The first kappa shape index (κ1) is 34.6. The summed E-state index contributed by atoms with van der Waals surface area (Å²) in [5.74, 6) is -0.571. The summed E-state index contributed by atoms with van der Waals surface area (Å²) in [4.78, 5) is 30.9. The largest absolute Gasteiger partial charge is 0.508 e. The molecule has 51 heavy (non-hydrogen) atoms. The van der Waals surface area contributed by atoms with Crippen molar-refractivity contribution in [3.63, 3.8) is 0 Å². The Morgan fingerprint density at radius 3 is 2.27 bits per heavy atom. The van der Waals surface area contributed by atoms with Crippen molar-refractivity contribution in [1.82, 2.24) is 15.3 Å². The van der Waals surface area contributed by atoms with E-state index >= 15 is 0 Å². The maximum Gasteiger partial charge on any atom is 0.267 e. The van der Waals surface area contributed by atoms with Crippen molar-refractivity contribution in [1.29, 1.82) is 0 Å². The first-order chi connectivity index (χ1) is 24.6. The summed E-state index contributed by atoms with van der Waals surface area (Å²) in [6.07, 6.45) is 0.664. The number of hydrogen-bond acceptors (Lipinski definition) is 4. The molecule has 0 atom stereocenters. The number of carbonyl (C=O) groups excluding carboxylic acids is 2. The number of benzene rings is 5. The van der Waals surface area contributed by atoms with Gasteiger partial charge in [0, 0.05) is 34.8 Å². The van der Waals surface area contributed by atoms with Crippen molar-refractivity contribution >= 4 is 33.5 Å². The molecule has 0 bridgehead atoms. The highest BCUT2D eigenvalue weighted by Crippen LogP contribution is 2.32. The minimum absolute atomic E-state index is 0.107. The van der Waals surface area contributed by atoms with Crippen molar-refractivity contribution in [3.05, 3.63) is 155 Å². The van der Waals surface area contributed by atoms with E-state index < -0.39 is 0 Å². The maximum atomic E-state index is 14.3. The van der Waals surface area contributed by atoms with Crippen LogP contribution in [0.15, 0.2) is 115 Å². The molecule has 0 aliphatic carbocycles. The van der Waals surface area contributed by atoms with Crippen molar-refractivity contribution in [2.75, 3.05) is 6.61 Å². The Labute approximate surface area is 291 Å². The lowest BCUT2D eigenvalue weighted by molar-refractivity contribution is 0.0945. The van der Waals surface area contributed by atoms with Crippen molar-refractivity contribution in [2.24, 2.45) is 0 Å². The monoisotopic (exact) mass is 689 g/mol. The summed E-state index contributed by atoms with van der Waals surface area (Å²) >= 11 is 0. The van der Waals surface area contributed by atoms with Gasteiger partial charge in [-0.05, 0) is 109 Å². The van der Waals surface area contributed by atoms with E-state index in [1.165, 1.54) is 36.4 Å². The fourth-order valence-electron chi connectivity index (χ4n) is 5.76. The number of halogens is 3. The number of phenols is 1. The predicted octanol–water partition coefficient (Wildman–Crippen LogP) is 9.27. The van der Waals surface area contributed by atoms with Gasteiger partial charge in [-0.3, -0.25) is 9.59 Å². The molecule has 0 unspecified atom stereocenters. The second kappa shape index (κ2) is 15.5. The van der Waals surface area contributed by atoms with E-state index in [9.17, 15) is 27.9 Å². The van der Waals surface area contributed by atoms with E-state index in [4.69, 9.17) is 4.74 Å². The quantitative estimate of drug-likeness (QED) is 0.107. The molecule has 0 aliphatic rings. The highest BCUT2D eigenvalue weighted by molar-refractivity contribution is 6.03. The summed E-state index contributed by atoms with van der Waals surface area (Å²) in [5.41, 5.74) is 5.20. The van der Waals surface area contributed by atoms with E-state index in [1.807, 2.05) is 31.2 Å². The number of rotatable bonds is 10. The van der Waals surface area contributed by atoms with Crippen LogP contribution in [0.4, 0.5) is 13.2 Å². The van der Waals surface area contributed by atoms with Gasteiger partial charge < -0.3 is 25.1 Å². The molecule has 7 aromatic rings. The summed E-state index contributed by atoms with van der Waals surface area (Å²) in [6.45, 7) is 2.74. The molecule has 1 amide bonds. The van der Waals surface area contributed by atoms with Crippen LogP contribution in [0, 0.1) is 17.5 Å². The van der Waals surface area contributed by atoms with Crippen LogP contribution in [0.25, 0.3) is 32.9 Å². The standard InChI is InChI=1S/C25H21F2NO2.C16H13FN2O2/c1-2-30-21-8-4-6-17(13-21)22-15-20(27)12-18-14-23(28-25(18)22)24(29)10-9-16-5-3-7-19(26)11-16;17-12-4-5-14-11(7-12)8-15(19-14)16(21)18-9-10-2-1-3-13(20)6-10/h3-8,11-15,28H,2,9-10H2,1H3;1-8,19-20H,9H2,(H,18,21). The van der Waals surface area contributed by atoms with Crippen LogP contribution in [-0.4, -0.2) is 33.4 Å². The molecule has 0 saturated heterocycles. The zero-order chi connectivity index (χ0) is 35.9. The second-order valence-electron chi connectivity index (χ2n) is 11.9. The van der Waals surface area contributed by atoms with Gasteiger partial charge >= 0.3 is 0 Å². The SMILES string of the molecule is CCOc1cccc(-c2cc(F)cc3cc(C(=O)CCc4cccc(F)c4)[nH]c23)c1.O=C(NCc1cccc(O)c1)c1cc2cc(F)ccc2[nH]1. The Bertz CT molecular complexity index is 2350. The Kier molecular flexibility index (Phi) is 10.5. The predicted molar refractivity (Wildman–Crippen MR) is 191 cm³/mol. The van der Waals surface area contributed by atoms with E-state index in [0.29, 0.717) is 64.1 Å². The summed E-state index contributed by atoms with van der Waals surface area (Å²) in [6, 6.07) is 30.8. The molecule has 7 nitrogen and oxygen atoms in total. The summed E-state index contributed by atoms with van der Waals surface area (Å²) in [7, 11) is 0. The number of ketones is 1. The van der Waals surface area contributed by atoms with Crippen LogP contribution in [0.1, 0.15) is 45.4 Å². The Hall–Kier alpha value is -6.29. The van der Waals surface area contributed by atoms with Crippen LogP contribution >= 0.6 is 0 Å². The van der Waals surface area contributed by atoms with Gasteiger partial charge in [-0.25, -0.2) is 13.2 Å². The lowest BCUT2D eigenvalue weighted by Gasteiger charge is -2.08. The number of aromatic nitrogens is 2. The number of ether oxygens (including phenoxy) is 1. The average Bonchev–Trinajstić information content (AvgIpc) is 3.74. The van der Waals surface area contributed by atoms with Gasteiger partial charge in [0.05, 0.1) is 17.8 Å². The third-order valence-corrected chi connectivity index (χ3v) is 8.17. The van der Waals surface area contributed by atoms with E-state index in [1.54, 1.807) is 54.6 Å². The number of aryl methyl sites for hydroxylation is 1. The number of fused-ring (bicyclic) bond motifs is 2. The minimum atomic E-state index is -0.378. The summed E-state index contributed by atoms with van der Waals surface area (Å²) in [5, 5.41) is 13.4. The second-order valence-corrected chi connectivity index (χ2v) is 11.9. The molecular weight excluding hydrogens is 655 g/mol. The molecule has 0 radical (unpaired) electrons. The Morgan fingerprint density at radius 1 is 0.725 bits per heavy atom. The van der Waals surface area contributed by atoms with Gasteiger partial charge in [-0.15, -0.1) is 0 Å². The van der Waals surface area contributed by atoms with Crippen molar-refractivity contribution in [2.45, 2.75) is 26.3 Å². The number of phenolic OH excluding ortho intramolecular Hbond substituents is 1. The van der Waals surface area contributed by atoms with E-state index in [-0.39, 0.29) is 41.3 Å². The molecule has 2 heterocycles. The van der Waals surface area contributed by atoms with Crippen LogP contribution in [0.2, 0.25) is 0 Å². The number of nitrogens with one attached hydrogen (secondary N) is 3. The molecule has 5 aromatic carbocycles. The number of aromatic amines is 2. The summed E-state index contributed by atoms with van der Waals surface area (Å²) < 4.78 is 46.3. The molecule has 10 heteroatoms. The number of amides is 1. The lowest BCUT2D eigenvalue weighted by atomic mass is 10.0. The van der Waals surface area contributed by atoms with Crippen LogP contribution < -0.4 is 10.1 Å². The fraction of sp³-hybridized carbons (Fsp3) is 0.122. The van der Waals surface area contributed by atoms with Gasteiger partial charge in [0.15, 0.2) is 5.78 Å². The molecule has 0 aliphatic heterocycles. The van der Waals surface area contributed by atoms with Crippen LogP contribution in [-0.2, 0) is 13.0 Å². The van der Waals surface area contributed by atoms with E-state index in [0.717, 1.165) is 16.7 Å². The van der Waals surface area contributed by atoms with Crippen molar-refractivity contribution in [3.8, 4) is 22.6 Å². The smallest absolute Gasteiger partial charge is 0.267 e. The highest BCUT2D eigenvalue weighted by Gasteiger charge is 2.15. The molecule has 7 rings (SSSR count). The molecule has 0 fully saturated rings. The normalized spacial score (nSPS) is 10.9. The lowest BCUT2D eigenvalue weighted by Crippen LogP contribution is -2.22. The average molecular weight is 690 g/mol. The molecule has 0 saturated carbocycles. The molecule has 258 valence electrons. The third-order valence-electron chi connectivity index (χ3n) is 8.17. The first-order valence-electron chi connectivity index (χ1n) is 16.3.